The Morgan fingerprint density at radius 3 is 2.29 bits per heavy atom. The van der Waals surface area contributed by atoms with Gasteiger partial charge in [0.1, 0.15) is 17.3 Å². The minimum atomic E-state index is -0.0670. The first kappa shape index (κ1) is 22.9. The highest BCUT2D eigenvalue weighted by molar-refractivity contribution is 5.94. The zero-order valence-corrected chi connectivity index (χ0v) is 19.3. The van der Waals surface area contributed by atoms with E-state index >= 15 is 0 Å². The van der Waals surface area contributed by atoms with Crippen molar-refractivity contribution in [1.29, 1.82) is 0 Å². The van der Waals surface area contributed by atoms with Gasteiger partial charge in [0.2, 0.25) is 0 Å². The average Bonchev–Trinajstić information content (AvgIpc) is 3.15. The van der Waals surface area contributed by atoms with Crippen LogP contribution in [0.3, 0.4) is 0 Å². The molecule has 3 rings (SSSR count). The van der Waals surface area contributed by atoms with E-state index in [1.165, 1.54) is 0 Å². The van der Waals surface area contributed by atoms with Crippen molar-refractivity contribution in [2.45, 2.75) is 78.6 Å². The molecule has 6 heteroatoms. The summed E-state index contributed by atoms with van der Waals surface area (Å²) >= 11 is 0. The quantitative estimate of drug-likeness (QED) is 0.638. The van der Waals surface area contributed by atoms with Crippen LogP contribution in [0.4, 0.5) is 0 Å². The maximum atomic E-state index is 13.0. The van der Waals surface area contributed by atoms with Crippen LogP contribution >= 0.6 is 0 Å². The Labute approximate surface area is 185 Å². The Morgan fingerprint density at radius 1 is 1.10 bits per heavy atom. The molecule has 2 unspecified atom stereocenters. The molecule has 0 N–H and O–H groups in total. The number of hydrogen-bond donors (Lipinski definition) is 0. The van der Waals surface area contributed by atoms with Gasteiger partial charge in [0, 0.05) is 23.7 Å². The third-order valence-corrected chi connectivity index (χ3v) is 5.95. The van der Waals surface area contributed by atoms with Crippen molar-refractivity contribution in [3.63, 3.8) is 0 Å². The van der Waals surface area contributed by atoms with Crippen molar-refractivity contribution in [3.05, 3.63) is 53.5 Å². The number of nitrogens with zero attached hydrogens (tertiary/aromatic N) is 2. The number of ether oxygens (including phenoxy) is 1. The van der Waals surface area contributed by atoms with E-state index in [0.717, 1.165) is 30.8 Å². The number of aryl methyl sites for hydroxylation is 1. The van der Waals surface area contributed by atoms with Crippen LogP contribution in [-0.4, -0.2) is 46.3 Å². The number of piperidine rings is 1. The van der Waals surface area contributed by atoms with Crippen molar-refractivity contribution < 1.29 is 18.7 Å². The van der Waals surface area contributed by atoms with Crippen molar-refractivity contribution in [3.8, 4) is 5.75 Å². The fraction of sp³-hybridized carbons (Fsp3) is 0.520. The summed E-state index contributed by atoms with van der Waals surface area (Å²) in [4.78, 5) is 29.4. The van der Waals surface area contributed by atoms with Gasteiger partial charge in [0.15, 0.2) is 6.61 Å². The monoisotopic (exact) mass is 426 g/mol. The summed E-state index contributed by atoms with van der Waals surface area (Å²) in [5.74, 6) is 2.12. The van der Waals surface area contributed by atoms with Crippen LogP contribution in [0.2, 0.25) is 0 Å². The molecule has 6 nitrogen and oxygen atoms in total. The Bertz CT molecular complexity index is 877. The number of benzene rings is 1. The number of furan rings is 1. The van der Waals surface area contributed by atoms with Crippen LogP contribution in [0.1, 0.15) is 68.8 Å². The summed E-state index contributed by atoms with van der Waals surface area (Å²) in [5, 5.41) is 0. The molecule has 1 aliphatic rings. The fourth-order valence-corrected chi connectivity index (χ4v) is 4.22. The van der Waals surface area contributed by atoms with Crippen LogP contribution in [0.15, 0.2) is 40.8 Å². The van der Waals surface area contributed by atoms with Crippen molar-refractivity contribution in [2.24, 2.45) is 0 Å². The zero-order valence-electron chi connectivity index (χ0n) is 19.3. The molecule has 2 aromatic rings. The molecule has 2 amide bonds. The van der Waals surface area contributed by atoms with E-state index in [0.29, 0.717) is 17.9 Å². The lowest BCUT2D eigenvalue weighted by Gasteiger charge is -2.38. The van der Waals surface area contributed by atoms with Gasteiger partial charge in [-0.15, -0.1) is 0 Å². The number of carbonyl (C=O) groups excluding carboxylic acids is 2. The Hall–Kier alpha value is -2.76. The standard InChI is InChI=1S/C25H34N2O4/c1-17(2)26(15-23-12-9-20(5)31-23)25(29)21-10-13-22(14-11-21)30-16-24(28)27-18(3)7-6-8-19(27)4/h9-14,17-19H,6-8,15-16H2,1-5H3. The van der Waals surface area contributed by atoms with E-state index in [2.05, 4.69) is 13.8 Å². The molecule has 0 bridgehead atoms. The van der Waals surface area contributed by atoms with Crippen molar-refractivity contribution in [1.82, 2.24) is 9.80 Å². The number of amides is 2. The van der Waals surface area contributed by atoms with Gasteiger partial charge in [-0.05, 0) is 90.3 Å². The second-order valence-electron chi connectivity index (χ2n) is 8.78. The lowest BCUT2D eigenvalue weighted by atomic mass is 9.97. The Morgan fingerprint density at radius 2 is 1.74 bits per heavy atom. The maximum absolute atomic E-state index is 13.0. The molecule has 1 fully saturated rings. The molecule has 168 valence electrons. The van der Waals surface area contributed by atoms with E-state index in [1.54, 1.807) is 29.2 Å². The average molecular weight is 427 g/mol. The van der Waals surface area contributed by atoms with Gasteiger partial charge in [-0.3, -0.25) is 9.59 Å². The van der Waals surface area contributed by atoms with Crippen LogP contribution in [-0.2, 0) is 11.3 Å². The fourth-order valence-electron chi connectivity index (χ4n) is 4.22. The third kappa shape index (κ3) is 5.69. The van der Waals surface area contributed by atoms with Crippen LogP contribution in [0, 0.1) is 6.92 Å². The van der Waals surface area contributed by atoms with Crippen molar-refractivity contribution >= 4 is 11.8 Å². The normalized spacial score (nSPS) is 18.8. The van der Waals surface area contributed by atoms with Crippen LogP contribution < -0.4 is 4.74 Å². The molecule has 1 aromatic carbocycles. The van der Waals surface area contributed by atoms with Gasteiger partial charge in [-0.2, -0.15) is 0 Å². The molecule has 1 aromatic heterocycles. The molecule has 31 heavy (non-hydrogen) atoms. The topological polar surface area (TPSA) is 63.0 Å². The number of carbonyl (C=O) groups is 2. The highest BCUT2D eigenvalue weighted by Gasteiger charge is 2.29. The van der Waals surface area contributed by atoms with Gasteiger partial charge in [-0.25, -0.2) is 0 Å². The molecular weight excluding hydrogens is 392 g/mol. The van der Waals surface area contributed by atoms with Crippen molar-refractivity contribution in [2.75, 3.05) is 6.61 Å². The van der Waals surface area contributed by atoms with E-state index in [4.69, 9.17) is 9.15 Å². The molecule has 0 saturated carbocycles. The summed E-state index contributed by atoms with van der Waals surface area (Å²) in [7, 11) is 0. The van der Waals surface area contributed by atoms with E-state index in [9.17, 15) is 9.59 Å². The minimum Gasteiger partial charge on any atom is -0.484 e. The molecule has 2 atom stereocenters. The first-order chi connectivity index (χ1) is 14.8. The Kier molecular flexibility index (Phi) is 7.42. The summed E-state index contributed by atoms with van der Waals surface area (Å²) in [6.07, 6.45) is 3.24. The van der Waals surface area contributed by atoms with Gasteiger partial charge in [-0.1, -0.05) is 0 Å². The molecular formula is C25H34N2O4. The molecule has 0 aliphatic carbocycles. The van der Waals surface area contributed by atoms with Gasteiger partial charge in [0.25, 0.3) is 11.8 Å². The lowest BCUT2D eigenvalue weighted by molar-refractivity contribution is -0.139. The number of likely N-dealkylation sites (tertiary alicyclic amines) is 1. The zero-order chi connectivity index (χ0) is 22.5. The smallest absolute Gasteiger partial charge is 0.260 e. The first-order valence-electron chi connectivity index (χ1n) is 11.2. The van der Waals surface area contributed by atoms with Gasteiger partial charge < -0.3 is 19.0 Å². The number of rotatable bonds is 7. The molecule has 0 radical (unpaired) electrons. The predicted molar refractivity (Wildman–Crippen MR) is 120 cm³/mol. The highest BCUT2D eigenvalue weighted by atomic mass is 16.5. The van der Waals surface area contributed by atoms with Crippen LogP contribution in [0.25, 0.3) is 0 Å². The van der Waals surface area contributed by atoms with E-state index in [-0.39, 0.29) is 36.5 Å². The minimum absolute atomic E-state index is 0.0118. The Balaban J connectivity index is 1.60. The molecule has 0 spiro atoms. The molecule has 1 saturated heterocycles. The second-order valence-corrected chi connectivity index (χ2v) is 8.78. The van der Waals surface area contributed by atoms with Gasteiger partial charge >= 0.3 is 0 Å². The molecule has 2 heterocycles. The summed E-state index contributed by atoms with van der Waals surface area (Å²) < 4.78 is 11.4. The lowest BCUT2D eigenvalue weighted by Crippen LogP contribution is -2.49. The third-order valence-electron chi connectivity index (χ3n) is 5.95. The second kappa shape index (κ2) is 10.0. The summed E-state index contributed by atoms with van der Waals surface area (Å²) in [5.41, 5.74) is 0.578. The first-order valence-corrected chi connectivity index (χ1v) is 11.2. The highest BCUT2D eigenvalue weighted by Crippen LogP contribution is 2.23. The van der Waals surface area contributed by atoms with Crippen LogP contribution in [0.5, 0.6) is 5.75 Å². The maximum Gasteiger partial charge on any atom is 0.260 e. The summed E-state index contributed by atoms with van der Waals surface area (Å²) in [6, 6.07) is 11.3. The SMILES string of the molecule is Cc1ccc(CN(C(=O)c2ccc(OCC(=O)N3C(C)CCCC3C)cc2)C(C)C)o1. The predicted octanol–water partition coefficient (Wildman–Crippen LogP) is 4.81. The summed E-state index contributed by atoms with van der Waals surface area (Å²) in [6.45, 7) is 10.5. The van der Waals surface area contributed by atoms with E-state index < -0.39 is 0 Å². The largest absolute Gasteiger partial charge is 0.484 e. The number of hydrogen-bond acceptors (Lipinski definition) is 4. The van der Waals surface area contributed by atoms with Gasteiger partial charge in [0.05, 0.1) is 6.54 Å². The molecule has 1 aliphatic heterocycles. The van der Waals surface area contributed by atoms with E-state index in [1.807, 2.05) is 37.8 Å².